The van der Waals surface area contributed by atoms with Gasteiger partial charge in [-0.1, -0.05) is 50.5 Å². The summed E-state index contributed by atoms with van der Waals surface area (Å²) in [6.07, 6.45) is 2.76. The Morgan fingerprint density at radius 1 is 1.06 bits per heavy atom. The first-order valence-electron chi connectivity index (χ1n) is 11.4. The highest BCUT2D eigenvalue weighted by atomic mass is 32.2. The monoisotopic (exact) mass is 482 g/mol. The second-order valence-electron chi connectivity index (χ2n) is 9.61. The summed E-state index contributed by atoms with van der Waals surface area (Å²) in [5.41, 5.74) is 1.78. The number of amides is 1. The van der Waals surface area contributed by atoms with Gasteiger partial charge in [-0.05, 0) is 49.6 Å². The van der Waals surface area contributed by atoms with Crippen LogP contribution in [0, 0.1) is 6.92 Å². The molecule has 2 heterocycles. The minimum absolute atomic E-state index is 0.176. The number of carbonyl (C=O) groups excluding carboxylic acids is 1. The van der Waals surface area contributed by atoms with Crippen molar-refractivity contribution < 1.29 is 17.7 Å². The largest absolute Gasteiger partial charge is 0.334 e. The van der Waals surface area contributed by atoms with Crippen molar-refractivity contribution >= 4 is 21.6 Å². The van der Waals surface area contributed by atoms with Gasteiger partial charge >= 0.3 is 0 Å². The van der Waals surface area contributed by atoms with E-state index in [-0.39, 0.29) is 22.1 Å². The molecule has 0 unspecified atom stereocenters. The first kappa shape index (κ1) is 24.1. The van der Waals surface area contributed by atoms with Gasteiger partial charge in [0.2, 0.25) is 10.0 Å². The van der Waals surface area contributed by atoms with Gasteiger partial charge in [0.25, 0.3) is 11.8 Å². The third kappa shape index (κ3) is 4.90. The summed E-state index contributed by atoms with van der Waals surface area (Å²) in [5.74, 6) is 0.416. The SMILES string of the molecule is Cc1ccc(S(=O)(=O)N2CCCCC2)cc1NC(=O)c1ccccc1-c1nc(C(C)(C)C)no1. The third-order valence-electron chi connectivity index (χ3n) is 5.91. The number of aryl methyl sites for hydroxylation is 1. The lowest BCUT2D eigenvalue weighted by molar-refractivity contribution is 0.102. The van der Waals surface area contributed by atoms with Crippen molar-refractivity contribution in [2.45, 2.75) is 57.3 Å². The molecule has 4 rings (SSSR count). The maximum Gasteiger partial charge on any atom is 0.258 e. The number of nitrogens with one attached hydrogen (secondary N) is 1. The van der Waals surface area contributed by atoms with Crippen LogP contribution < -0.4 is 5.32 Å². The molecule has 0 aliphatic carbocycles. The van der Waals surface area contributed by atoms with Gasteiger partial charge in [0.05, 0.1) is 16.0 Å². The maximum absolute atomic E-state index is 13.3. The normalized spacial score (nSPS) is 15.3. The molecular weight excluding hydrogens is 452 g/mol. The molecule has 0 bridgehead atoms. The molecule has 0 spiro atoms. The van der Waals surface area contributed by atoms with E-state index >= 15 is 0 Å². The molecule has 1 saturated heterocycles. The Morgan fingerprint density at radius 3 is 2.44 bits per heavy atom. The van der Waals surface area contributed by atoms with Crippen LogP contribution in [-0.4, -0.2) is 41.9 Å². The number of hydrogen-bond acceptors (Lipinski definition) is 6. The van der Waals surface area contributed by atoms with Crippen LogP contribution in [0.25, 0.3) is 11.5 Å². The van der Waals surface area contributed by atoms with Crippen LogP contribution in [0.1, 0.15) is 61.8 Å². The van der Waals surface area contributed by atoms with Gasteiger partial charge in [-0.25, -0.2) is 8.42 Å². The predicted octanol–water partition coefficient (Wildman–Crippen LogP) is 4.77. The molecule has 1 amide bonds. The van der Waals surface area contributed by atoms with E-state index in [0.717, 1.165) is 24.8 Å². The van der Waals surface area contributed by atoms with Crippen molar-refractivity contribution in [2.75, 3.05) is 18.4 Å². The average molecular weight is 483 g/mol. The van der Waals surface area contributed by atoms with Crippen LogP contribution >= 0.6 is 0 Å². The molecule has 1 N–H and O–H groups in total. The fourth-order valence-corrected chi connectivity index (χ4v) is 5.39. The molecule has 0 atom stereocenters. The van der Waals surface area contributed by atoms with Gasteiger partial charge in [-0.2, -0.15) is 9.29 Å². The van der Waals surface area contributed by atoms with Crippen molar-refractivity contribution in [3.8, 4) is 11.5 Å². The van der Waals surface area contributed by atoms with E-state index in [1.807, 2.05) is 27.7 Å². The second kappa shape index (κ2) is 9.31. The van der Waals surface area contributed by atoms with E-state index in [1.165, 1.54) is 10.4 Å². The smallest absolute Gasteiger partial charge is 0.258 e. The number of anilines is 1. The van der Waals surface area contributed by atoms with E-state index in [1.54, 1.807) is 36.4 Å². The topological polar surface area (TPSA) is 105 Å². The molecule has 0 saturated carbocycles. The summed E-state index contributed by atoms with van der Waals surface area (Å²) in [6.45, 7) is 8.81. The zero-order chi connectivity index (χ0) is 24.5. The van der Waals surface area contributed by atoms with Crippen molar-refractivity contribution in [1.82, 2.24) is 14.4 Å². The zero-order valence-corrected chi connectivity index (χ0v) is 20.8. The number of aromatic nitrogens is 2. The lowest BCUT2D eigenvalue weighted by Crippen LogP contribution is -2.35. The van der Waals surface area contributed by atoms with Gasteiger partial charge in [0.15, 0.2) is 5.82 Å². The molecule has 9 heteroatoms. The Hall–Kier alpha value is -3.04. The maximum atomic E-state index is 13.3. The average Bonchev–Trinajstić information content (AvgIpc) is 3.32. The first-order valence-corrected chi connectivity index (χ1v) is 12.9. The number of piperidine rings is 1. The van der Waals surface area contributed by atoms with Crippen LogP contribution in [0.15, 0.2) is 51.9 Å². The summed E-state index contributed by atoms with van der Waals surface area (Å²) in [5, 5.41) is 6.93. The van der Waals surface area contributed by atoms with E-state index in [9.17, 15) is 13.2 Å². The van der Waals surface area contributed by atoms with E-state index in [0.29, 0.717) is 35.7 Å². The highest BCUT2D eigenvalue weighted by Crippen LogP contribution is 2.29. The summed E-state index contributed by atoms with van der Waals surface area (Å²) >= 11 is 0. The van der Waals surface area contributed by atoms with Crippen LogP contribution in [0.5, 0.6) is 0 Å². The number of hydrogen-bond donors (Lipinski definition) is 1. The molecule has 1 fully saturated rings. The van der Waals surface area contributed by atoms with Crippen LogP contribution in [0.3, 0.4) is 0 Å². The predicted molar refractivity (Wildman–Crippen MR) is 130 cm³/mol. The summed E-state index contributed by atoms with van der Waals surface area (Å²) in [7, 11) is -3.62. The summed E-state index contributed by atoms with van der Waals surface area (Å²) in [6, 6.07) is 11.8. The molecule has 1 aliphatic rings. The van der Waals surface area contributed by atoms with Crippen molar-refractivity contribution in [1.29, 1.82) is 0 Å². The van der Waals surface area contributed by atoms with Crippen molar-refractivity contribution in [3.05, 3.63) is 59.4 Å². The minimum Gasteiger partial charge on any atom is -0.334 e. The van der Waals surface area contributed by atoms with Crippen molar-refractivity contribution in [3.63, 3.8) is 0 Å². The lowest BCUT2D eigenvalue weighted by atomic mass is 9.96. The molecule has 8 nitrogen and oxygen atoms in total. The van der Waals surface area contributed by atoms with Crippen molar-refractivity contribution in [2.24, 2.45) is 0 Å². The Morgan fingerprint density at radius 2 is 1.76 bits per heavy atom. The van der Waals surface area contributed by atoms with Crippen LogP contribution in [0.2, 0.25) is 0 Å². The number of nitrogens with zero attached hydrogens (tertiary/aromatic N) is 3. The summed E-state index contributed by atoms with van der Waals surface area (Å²) in [4.78, 5) is 17.9. The fraction of sp³-hybridized carbons (Fsp3) is 0.400. The van der Waals surface area contributed by atoms with Gasteiger partial charge in [-0.15, -0.1) is 0 Å². The van der Waals surface area contributed by atoms with E-state index < -0.39 is 10.0 Å². The molecule has 3 aromatic rings. The Balaban J connectivity index is 1.63. The highest BCUT2D eigenvalue weighted by Gasteiger charge is 2.27. The number of rotatable bonds is 5. The molecule has 0 radical (unpaired) electrons. The van der Waals surface area contributed by atoms with Gasteiger partial charge in [0, 0.05) is 24.2 Å². The molecule has 34 heavy (non-hydrogen) atoms. The quantitative estimate of drug-likeness (QED) is 0.562. The minimum atomic E-state index is -3.62. The second-order valence-corrected chi connectivity index (χ2v) is 11.6. The molecule has 2 aromatic carbocycles. The third-order valence-corrected chi connectivity index (χ3v) is 7.80. The molecule has 1 aliphatic heterocycles. The lowest BCUT2D eigenvalue weighted by Gasteiger charge is -2.26. The number of carbonyl (C=O) groups is 1. The van der Waals surface area contributed by atoms with E-state index in [2.05, 4.69) is 15.5 Å². The number of sulfonamides is 1. The van der Waals surface area contributed by atoms with Crippen LogP contribution in [0.4, 0.5) is 5.69 Å². The zero-order valence-electron chi connectivity index (χ0n) is 20.0. The Labute approximate surface area is 200 Å². The fourth-order valence-electron chi connectivity index (χ4n) is 3.85. The van der Waals surface area contributed by atoms with Gasteiger partial charge < -0.3 is 9.84 Å². The first-order chi connectivity index (χ1) is 16.1. The molecular formula is C25H30N4O4S. The summed E-state index contributed by atoms with van der Waals surface area (Å²) < 4.78 is 33.2. The highest BCUT2D eigenvalue weighted by molar-refractivity contribution is 7.89. The Bertz CT molecular complexity index is 1300. The number of benzene rings is 2. The Kier molecular flexibility index (Phi) is 6.60. The van der Waals surface area contributed by atoms with Gasteiger partial charge in [-0.3, -0.25) is 4.79 Å². The molecule has 1 aromatic heterocycles. The van der Waals surface area contributed by atoms with Gasteiger partial charge in [0.1, 0.15) is 0 Å². The molecule has 180 valence electrons. The standard InChI is InChI=1S/C25H30N4O4S/c1-17-12-13-18(34(31,32)29-14-8-5-9-15-29)16-21(17)26-22(30)19-10-6-7-11-20(19)23-27-24(28-33-23)25(2,3)4/h6-7,10-13,16H,5,8-9,14-15H2,1-4H3,(H,26,30). The van der Waals surface area contributed by atoms with E-state index in [4.69, 9.17) is 4.52 Å². The van der Waals surface area contributed by atoms with Crippen LogP contribution in [-0.2, 0) is 15.4 Å².